The molecule has 0 aromatic heterocycles. The van der Waals surface area contributed by atoms with E-state index in [0.717, 1.165) is 30.8 Å². The van der Waals surface area contributed by atoms with Gasteiger partial charge in [-0.2, -0.15) is 15.8 Å². The van der Waals surface area contributed by atoms with Crippen LogP contribution in [-0.2, 0) is 0 Å². The van der Waals surface area contributed by atoms with Crippen molar-refractivity contribution < 1.29 is 4.90 Å². The van der Waals surface area contributed by atoms with E-state index in [0.29, 0.717) is 10.6 Å². The SMILES string of the molecule is CC[NH+]1CC=C2C(C#N)=C(N)C(C#N)(C#N)C(c3ccc(Cl)cc3)C2C1. The van der Waals surface area contributed by atoms with E-state index >= 15 is 0 Å². The molecule has 0 saturated heterocycles. The number of hydrogen-bond acceptors (Lipinski definition) is 4. The lowest BCUT2D eigenvalue weighted by Crippen LogP contribution is -3.13. The minimum Gasteiger partial charge on any atom is -0.399 e. The quantitative estimate of drug-likeness (QED) is 0.833. The van der Waals surface area contributed by atoms with Gasteiger partial charge in [0.1, 0.15) is 6.07 Å². The number of nitrogens with one attached hydrogen (secondary N) is 1. The van der Waals surface area contributed by atoms with Crippen molar-refractivity contribution in [1.82, 2.24) is 0 Å². The third-order valence-corrected chi connectivity index (χ3v) is 5.82. The van der Waals surface area contributed by atoms with Crippen LogP contribution in [0.5, 0.6) is 0 Å². The summed E-state index contributed by atoms with van der Waals surface area (Å²) in [5.41, 5.74) is 6.74. The number of rotatable bonds is 2. The summed E-state index contributed by atoms with van der Waals surface area (Å²) in [6, 6.07) is 13.6. The highest BCUT2D eigenvalue weighted by atomic mass is 35.5. The highest BCUT2D eigenvalue weighted by molar-refractivity contribution is 6.30. The number of likely N-dealkylation sites (N-methyl/N-ethyl adjacent to an activating group) is 1. The van der Waals surface area contributed by atoms with Crippen molar-refractivity contribution in [3.63, 3.8) is 0 Å². The Morgan fingerprint density at radius 1 is 1.23 bits per heavy atom. The van der Waals surface area contributed by atoms with Gasteiger partial charge in [0.2, 0.25) is 0 Å². The number of nitrogens with two attached hydrogens (primary N) is 1. The number of fused-ring (bicyclic) bond motifs is 1. The largest absolute Gasteiger partial charge is 0.399 e. The van der Waals surface area contributed by atoms with Crippen molar-refractivity contribution >= 4 is 11.6 Å². The Bertz CT molecular complexity index is 893. The third-order valence-electron chi connectivity index (χ3n) is 5.56. The van der Waals surface area contributed by atoms with Crippen LogP contribution in [0.2, 0.25) is 5.02 Å². The zero-order valence-electron chi connectivity index (χ0n) is 14.5. The maximum absolute atomic E-state index is 9.98. The molecule has 0 radical (unpaired) electrons. The van der Waals surface area contributed by atoms with Gasteiger partial charge < -0.3 is 10.6 Å². The first-order chi connectivity index (χ1) is 12.5. The topological polar surface area (TPSA) is 102 Å². The fourth-order valence-corrected chi connectivity index (χ4v) is 4.29. The first-order valence-corrected chi connectivity index (χ1v) is 8.92. The van der Waals surface area contributed by atoms with Crippen molar-refractivity contribution in [3.8, 4) is 18.2 Å². The molecule has 3 rings (SSSR count). The molecule has 3 N–H and O–H groups in total. The second-order valence-corrected chi connectivity index (χ2v) is 7.18. The third kappa shape index (κ3) is 2.56. The van der Waals surface area contributed by atoms with Crippen LogP contribution in [0.4, 0.5) is 0 Å². The lowest BCUT2D eigenvalue weighted by atomic mass is 9.58. The van der Waals surface area contributed by atoms with E-state index in [2.05, 4.69) is 25.1 Å². The van der Waals surface area contributed by atoms with Crippen molar-refractivity contribution in [2.75, 3.05) is 19.6 Å². The van der Waals surface area contributed by atoms with Crippen LogP contribution in [0.1, 0.15) is 18.4 Å². The molecule has 0 amide bonds. The molecular weight excluding hydrogens is 346 g/mol. The Kier molecular flexibility index (Phi) is 4.75. The van der Waals surface area contributed by atoms with Crippen LogP contribution >= 0.6 is 11.6 Å². The van der Waals surface area contributed by atoms with E-state index in [1.807, 2.05) is 18.2 Å². The average Bonchev–Trinajstić information content (AvgIpc) is 2.68. The molecular formula is C20H19ClN5+. The van der Waals surface area contributed by atoms with Crippen LogP contribution in [0.3, 0.4) is 0 Å². The lowest BCUT2D eigenvalue weighted by Gasteiger charge is -2.44. The number of quaternary nitrogens is 1. The van der Waals surface area contributed by atoms with Gasteiger partial charge in [-0.05, 0) is 36.3 Å². The molecule has 0 bridgehead atoms. The zero-order chi connectivity index (χ0) is 18.9. The monoisotopic (exact) mass is 364 g/mol. The van der Waals surface area contributed by atoms with Crippen LogP contribution in [-0.4, -0.2) is 19.6 Å². The van der Waals surface area contributed by atoms with Crippen LogP contribution in [0.25, 0.3) is 0 Å². The molecule has 0 spiro atoms. The number of nitrogens with zero attached hydrogens (tertiary/aromatic N) is 3. The Labute approximate surface area is 158 Å². The molecule has 1 aromatic rings. The summed E-state index contributed by atoms with van der Waals surface area (Å²) in [5, 5.41) is 30.2. The summed E-state index contributed by atoms with van der Waals surface area (Å²) in [5.74, 6) is -0.568. The Balaban J connectivity index is 2.30. The number of nitriles is 3. The predicted molar refractivity (Wildman–Crippen MR) is 97.5 cm³/mol. The molecule has 2 aliphatic rings. The maximum atomic E-state index is 9.98. The Morgan fingerprint density at radius 3 is 2.42 bits per heavy atom. The van der Waals surface area contributed by atoms with Crippen LogP contribution in [0.15, 0.2) is 47.2 Å². The lowest BCUT2D eigenvalue weighted by molar-refractivity contribution is -0.897. The van der Waals surface area contributed by atoms with Crippen molar-refractivity contribution in [3.05, 3.63) is 57.8 Å². The minimum atomic E-state index is -1.57. The van der Waals surface area contributed by atoms with E-state index in [9.17, 15) is 15.8 Å². The van der Waals surface area contributed by atoms with E-state index in [1.165, 1.54) is 4.90 Å². The van der Waals surface area contributed by atoms with E-state index in [4.69, 9.17) is 17.3 Å². The summed E-state index contributed by atoms with van der Waals surface area (Å²) in [6.07, 6.45) is 2.04. The summed E-state index contributed by atoms with van der Waals surface area (Å²) in [4.78, 5) is 1.35. The summed E-state index contributed by atoms with van der Waals surface area (Å²) >= 11 is 6.02. The van der Waals surface area contributed by atoms with Gasteiger partial charge in [-0.25, -0.2) is 0 Å². The smallest absolute Gasteiger partial charge is 0.191 e. The first kappa shape index (κ1) is 18.0. The molecule has 0 saturated carbocycles. The second-order valence-electron chi connectivity index (χ2n) is 6.74. The number of allylic oxidation sites excluding steroid dienone is 2. The molecule has 1 aliphatic carbocycles. The highest BCUT2D eigenvalue weighted by Crippen LogP contribution is 2.53. The minimum absolute atomic E-state index is 0.0624. The second kappa shape index (κ2) is 6.85. The van der Waals surface area contributed by atoms with Gasteiger partial charge in [-0.15, -0.1) is 0 Å². The van der Waals surface area contributed by atoms with Crippen molar-refractivity contribution in [2.45, 2.75) is 12.8 Å². The van der Waals surface area contributed by atoms with Gasteiger partial charge in [0.15, 0.2) is 5.41 Å². The molecule has 5 nitrogen and oxygen atoms in total. The van der Waals surface area contributed by atoms with Gasteiger partial charge in [-0.1, -0.05) is 23.7 Å². The molecule has 130 valence electrons. The highest BCUT2D eigenvalue weighted by Gasteiger charge is 2.55. The van der Waals surface area contributed by atoms with Crippen molar-refractivity contribution in [1.29, 1.82) is 15.8 Å². The summed E-state index contributed by atoms with van der Waals surface area (Å²) < 4.78 is 0. The van der Waals surface area contributed by atoms with Crippen LogP contribution in [0, 0.1) is 45.3 Å². The maximum Gasteiger partial charge on any atom is 0.191 e. The van der Waals surface area contributed by atoms with E-state index in [1.54, 1.807) is 12.1 Å². The van der Waals surface area contributed by atoms with Gasteiger partial charge >= 0.3 is 0 Å². The molecule has 3 unspecified atom stereocenters. The summed E-state index contributed by atoms with van der Waals surface area (Å²) in [7, 11) is 0. The summed E-state index contributed by atoms with van der Waals surface area (Å²) in [6.45, 7) is 4.59. The fraction of sp³-hybridized carbons (Fsp3) is 0.350. The number of benzene rings is 1. The first-order valence-electron chi connectivity index (χ1n) is 8.54. The van der Waals surface area contributed by atoms with Gasteiger partial charge in [0.25, 0.3) is 0 Å². The fourth-order valence-electron chi connectivity index (χ4n) is 4.17. The average molecular weight is 365 g/mol. The van der Waals surface area contributed by atoms with E-state index < -0.39 is 11.3 Å². The number of hydrogen-bond donors (Lipinski definition) is 2. The predicted octanol–water partition coefficient (Wildman–Crippen LogP) is 1.67. The van der Waals surface area contributed by atoms with E-state index in [-0.39, 0.29) is 11.6 Å². The molecule has 3 atom stereocenters. The standard InChI is InChI=1S/C20H18ClN5/c1-2-26-8-7-15-16(9-22)19(25)20(11-23,12-24)18(17(15)10-26)13-3-5-14(21)6-4-13/h3-7,17-18H,2,8,10,25H2,1H3/p+1. The van der Waals surface area contributed by atoms with Crippen molar-refractivity contribution in [2.24, 2.45) is 17.1 Å². The molecule has 0 fully saturated rings. The van der Waals surface area contributed by atoms with Gasteiger partial charge in [-0.3, -0.25) is 0 Å². The zero-order valence-corrected chi connectivity index (χ0v) is 15.2. The molecule has 6 heteroatoms. The van der Waals surface area contributed by atoms with Gasteiger partial charge in [0.05, 0.1) is 43.0 Å². The number of halogens is 1. The molecule has 1 heterocycles. The Hall–Kier alpha value is -2.78. The molecule has 26 heavy (non-hydrogen) atoms. The molecule has 1 aromatic carbocycles. The molecule has 1 aliphatic heterocycles. The van der Waals surface area contributed by atoms with Gasteiger partial charge in [0, 0.05) is 16.9 Å². The normalized spacial score (nSPS) is 26.7. The Morgan fingerprint density at radius 2 is 1.88 bits per heavy atom. The van der Waals surface area contributed by atoms with Crippen LogP contribution < -0.4 is 10.6 Å².